The number of aliphatic imine (C=N–C) groups is 1. The van der Waals surface area contributed by atoms with E-state index < -0.39 is 50.6 Å². The summed E-state index contributed by atoms with van der Waals surface area (Å²) >= 11 is 0. The van der Waals surface area contributed by atoms with E-state index in [0.29, 0.717) is 66.3 Å². The summed E-state index contributed by atoms with van der Waals surface area (Å²) in [5, 5.41) is 1.02. The molecule has 2 aliphatic rings. The highest BCUT2D eigenvalue weighted by molar-refractivity contribution is 7.86. The molecule has 2 aliphatic heterocycles. The van der Waals surface area contributed by atoms with Gasteiger partial charge in [0.2, 0.25) is 5.89 Å². The number of oxazole rings is 1. The van der Waals surface area contributed by atoms with Gasteiger partial charge in [0.1, 0.15) is 10.6 Å². The molecule has 0 saturated carbocycles. The van der Waals surface area contributed by atoms with Crippen LogP contribution in [0.25, 0.3) is 16.9 Å². The number of carbonyl (C=O) groups is 6. The molecule has 0 spiro atoms. The third-order valence-electron chi connectivity index (χ3n) is 7.69. The van der Waals surface area contributed by atoms with Crippen LogP contribution in [0.2, 0.25) is 0 Å². The zero-order valence-corrected chi connectivity index (χ0v) is 29.0. The standard InChI is InChI=1S/C34H38N4O13S/c1-2-23(17-19-35-18-7-3-5-9-32(43)50-37-28(39)13-14-29(37)40)34-36-22-26(49-34)24-11-12-25(27(21-24)52(45,46)47)48-20-8-4-6-10-33(44)51-38-30(41)15-16-31(38)42/h2,11-12,17,19,21-22H,1,3-10,13-16,18,20H2,(H,45,46,47)/b23-17+,35-19+. The summed E-state index contributed by atoms with van der Waals surface area (Å²) in [6.07, 6.45) is 9.31. The highest BCUT2D eigenvalue weighted by atomic mass is 32.2. The number of aromatic nitrogens is 1. The maximum atomic E-state index is 12.2. The molecule has 18 heteroatoms. The molecule has 0 bridgehead atoms. The number of hydroxylamine groups is 4. The smallest absolute Gasteiger partial charge is 0.333 e. The second-order valence-electron chi connectivity index (χ2n) is 11.6. The lowest BCUT2D eigenvalue weighted by Gasteiger charge is -2.12. The lowest BCUT2D eigenvalue weighted by atomic mass is 10.2. The van der Waals surface area contributed by atoms with Gasteiger partial charge < -0.3 is 18.8 Å². The van der Waals surface area contributed by atoms with Gasteiger partial charge in [0.25, 0.3) is 33.7 Å². The molecule has 4 rings (SSSR count). The number of rotatable bonds is 20. The summed E-state index contributed by atoms with van der Waals surface area (Å²) in [6, 6.07) is 4.10. The Morgan fingerprint density at radius 1 is 0.885 bits per heavy atom. The number of ether oxygens (including phenoxy) is 1. The molecule has 3 heterocycles. The van der Waals surface area contributed by atoms with Crippen molar-refractivity contribution in [1.82, 2.24) is 15.1 Å². The first-order valence-corrected chi connectivity index (χ1v) is 18.0. The van der Waals surface area contributed by atoms with E-state index in [-0.39, 0.29) is 62.5 Å². The summed E-state index contributed by atoms with van der Waals surface area (Å²) in [5.74, 6) is -3.21. The highest BCUT2D eigenvalue weighted by Gasteiger charge is 2.33. The number of amides is 4. The largest absolute Gasteiger partial charge is 0.492 e. The van der Waals surface area contributed by atoms with Crippen molar-refractivity contribution in [2.24, 2.45) is 4.99 Å². The molecule has 17 nitrogen and oxygen atoms in total. The quantitative estimate of drug-likeness (QED) is 0.0666. The highest BCUT2D eigenvalue weighted by Crippen LogP contribution is 2.32. The van der Waals surface area contributed by atoms with Crippen LogP contribution in [-0.4, -0.2) is 83.0 Å². The molecule has 278 valence electrons. The number of imide groups is 2. The molecule has 4 amide bonds. The van der Waals surface area contributed by atoms with Gasteiger partial charge >= 0.3 is 11.9 Å². The molecule has 1 N–H and O–H groups in total. The van der Waals surface area contributed by atoms with E-state index in [1.165, 1.54) is 30.5 Å². The first-order chi connectivity index (χ1) is 24.9. The third-order valence-corrected chi connectivity index (χ3v) is 8.56. The fraction of sp³-hybridized carbons (Fsp3) is 0.412. The number of hydrogen-bond acceptors (Lipinski definition) is 14. The van der Waals surface area contributed by atoms with Gasteiger partial charge in [-0.1, -0.05) is 19.1 Å². The lowest BCUT2D eigenvalue weighted by Crippen LogP contribution is -2.31. The van der Waals surface area contributed by atoms with E-state index in [2.05, 4.69) is 16.6 Å². The van der Waals surface area contributed by atoms with E-state index >= 15 is 0 Å². The van der Waals surface area contributed by atoms with Crippen molar-refractivity contribution < 1.29 is 60.6 Å². The molecule has 2 aromatic rings. The van der Waals surface area contributed by atoms with E-state index in [4.69, 9.17) is 18.8 Å². The predicted molar refractivity (Wildman–Crippen MR) is 180 cm³/mol. The number of allylic oxidation sites excluding steroid dienone is 3. The molecule has 52 heavy (non-hydrogen) atoms. The van der Waals surface area contributed by atoms with Crippen LogP contribution in [0.15, 0.2) is 57.4 Å². The average Bonchev–Trinajstić information content (AvgIpc) is 3.81. The van der Waals surface area contributed by atoms with Gasteiger partial charge in [0, 0.05) is 62.4 Å². The Morgan fingerprint density at radius 2 is 1.46 bits per heavy atom. The lowest BCUT2D eigenvalue weighted by molar-refractivity contribution is -0.197. The van der Waals surface area contributed by atoms with E-state index in [9.17, 15) is 41.7 Å². The first kappa shape index (κ1) is 39.3. The molecule has 0 unspecified atom stereocenters. The van der Waals surface area contributed by atoms with Crippen LogP contribution in [0.4, 0.5) is 0 Å². The Bertz CT molecular complexity index is 1830. The summed E-state index contributed by atoms with van der Waals surface area (Å²) in [7, 11) is -4.70. The maximum Gasteiger partial charge on any atom is 0.333 e. The second-order valence-corrected chi connectivity index (χ2v) is 13.0. The van der Waals surface area contributed by atoms with Crippen LogP contribution >= 0.6 is 0 Å². The fourth-order valence-electron chi connectivity index (χ4n) is 4.95. The molecule has 0 radical (unpaired) electrons. The van der Waals surface area contributed by atoms with Crippen LogP contribution in [0.5, 0.6) is 5.75 Å². The number of benzene rings is 1. The molecule has 1 aromatic heterocycles. The van der Waals surface area contributed by atoms with Gasteiger partial charge in [0.05, 0.1) is 12.8 Å². The van der Waals surface area contributed by atoms with Gasteiger partial charge in [-0.2, -0.15) is 8.42 Å². The Labute approximate surface area is 298 Å². The molecular formula is C34H38N4O13S. The zero-order chi connectivity index (χ0) is 37.7. The minimum absolute atomic E-state index is 0.00575. The third kappa shape index (κ3) is 11.3. The van der Waals surface area contributed by atoms with Crippen molar-refractivity contribution in [3.05, 3.63) is 49.0 Å². The molecular weight excluding hydrogens is 704 g/mol. The second kappa shape index (κ2) is 18.7. The van der Waals surface area contributed by atoms with Gasteiger partial charge in [-0.05, 0) is 56.4 Å². The molecule has 0 aliphatic carbocycles. The molecule has 1 aromatic carbocycles. The normalized spacial score (nSPS) is 15.2. The first-order valence-electron chi connectivity index (χ1n) is 16.5. The summed E-state index contributed by atoms with van der Waals surface area (Å²) in [6.45, 7) is 4.30. The minimum atomic E-state index is -4.70. The van der Waals surface area contributed by atoms with Crippen LogP contribution < -0.4 is 4.74 Å². The van der Waals surface area contributed by atoms with Gasteiger partial charge in [-0.15, -0.1) is 10.1 Å². The van der Waals surface area contributed by atoms with Crippen LogP contribution in [0, 0.1) is 0 Å². The van der Waals surface area contributed by atoms with Crippen molar-refractivity contribution in [1.29, 1.82) is 0 Å². The maximum absolute atomic E-state index is 12.2. The number of carbonyl (C=O) groups excluding carboxylic acids is 6. The Morgan fingerprint density at radius 3 is 2.02 bits per heavy atom. The molecule has 0 atom stereocenters. The monoisotopic (exact) mass is 742 g/mol. The van der Waals surface area contributed by atoms with Crippen LogP contribution in [0.3, 0.4) is 0 Å². The topological polar surface area (TPSA) is 229 Å². The van der Waals surface area contributed by atoms with Crippen molar-refractivity contribution in [3.63, 3.8) is 0 Å². The fourth-order valence-corrected chi connectivity index (χ4v) is 5.60. The number of unbranched alkanes of at least 4 members (excludes halogenated alkanes) is 4. The van der Waals surface area contributed by atoms with Crippen molar-refractivity contribution >= 4 is 57.5 Å². The van der Waals surface area contributed by atoms with Crippen LogP contribution in [-0.2, 0) is 48.6 Å². The van der Waals surface area contributed by atoms with E-state index in [1.54, 1.807) is 12.3 Å². The van der Waals surface area contributed by atoms with Gasteiger partial charge in [-0.25, -0.2) is 14.6 Å². The van der Waals surface area contributed by atoms with Gasteiger partial charge in [0.15, 0.2) is 5.76 Å². The predicted octanol–water partition coefficient (Wildman–Crippen LogP) is 3.94. The summed E-state index contributed by atoms with van der Waals surface area (Å²) in [4.78, 5) is 87.6. The van der Waals surface area contributed by atoms with E-state index in [0.717, 1.165) is 0 Å². The minimum Gasteiger partial charge on any atom is -0.492 e. The number of hydrogen-bond donors (Lipinski definition) is 1. The van der Waals surface area contributed by atoms with Crippen molar-refractivity contribution in [3.8, 4) is 17.1 Å². The van der Waals surface area contributed by atoms with Gasteiger partial charge in [-0.3, -0.25) is 28.7 Å². The average molecular weight is 743 g/mol. The number of nitrogens with zero attached hydrogens (tertiary/aromatic N) is 4. The zero-order valence-electron chi connectivity index (χ0n) is 28.2. The molecule has 2 fully saturated rings. The molecule has 2 saturated heterocycles. The van der Waals surface area contributed by atoms with E-state index in [1.807, 2.05) is 0 Å². The van der Waals surface area contributed by atoms with Crippen molar-refractivity contribution in [2.75, 3.05) is 13.2 Å². The van der Waals surface area contributed by atoms with Crippen LogP contribution in [0.1, 0.15) is 82.9 Å². The Hall–Kier alpha value is -5.49. The SMILES string of the molecule is C=C/C(=C\C=N\CCCCCC(=O)ON1C(=O)CCC1=O)c1ncc(-c2ccc(OCCCCCC(=O)ON3C(=O)CCC3=O)c(S(=O)(=O)O)c2)o1. The summed E-state index contributed by atoms with van der Waals surface area (Å²) < 4.78 is 45.7. The van der Waals surface area contributed by atoms with Crippen molar-refractivity contribution in [2.45, 2.75) is 81.9 Å². The Kier molecular flexibility index (Phi) is 14.1. The Balaban J connectivity index is 1.22. The summed E-state index contributed by atoms with van der Waals surface area (Å²) in [5.41, 5.74) is 0.789.